The molecule has 0 unspecified atom stereocenters. The average Bonchev–Trinajstić information content (AvgIpc) is 3.29. The number of nitrogens with one attached hydrogen (secondary N) is 1. The van der Waals surface area contributed by atoms with Crippen molar-refractivity contribution in [2.75, 3.05) is 12.4 Å². The Labute approximate surface area is 185 Å². The zero-order valence-corrected chi connectivity index (χ0v) is 18.1. The molecule has 4 aromatic rings. The van der Waals surface area contributed by atoms with Gasteiger partial charge in [0.25, 0.3) is 5.91 Å². The number of aryl methyl sites for hydroxylation is 1. The van der Waals surface area contributed by atoms with Crippen LogP contribution in [0.1, 0.15) is 26.5 Å². The summed E-state index contributed by atoms with van der Waals surface area (Å²) in [5.74, 6) is -0.751. The number of carbonyl (C=O) groups is 2. The summed E-state index contributed by atoms with van der Waals surface area (Å²) in [7, 11) is 1.28. The SMILES string of the molecule is COC(=O)c1c(C)oc(NC(=O)c2cc(Cl)ccc2Cl)c1-c1nc2ccccc2s1. The maximum Gasteiger partial charge on any atom is 0.342 e. The molecule has 1 N–H and O–H groups in total. The molecule has 0 spiro atoms. The van der Waals surface area contributed by atoms with Gasteiger partial charge in [0, 0.05) is 5.02 Å². The van der Waals surface area contributed by atoms with Crippen LogP contribution in [0.4, 0.5) is 5.88 Å². The quantitative estimate of drug-likeness (QED) is 0.366. The Morgan fingerprint density at radius 2 is 1.93 bits per heavy atom. The van der Waals surface area contributed by atoms with Gasteiger partial charge in [-0.3, -0.25) is 10.1 Å². The molecule has 9 heteroatoms. The van der Waals surface area contributed by atoms with Crippen molar-refractivity contribution < 1.29 is 18.7 Å². The highest BCUT2D eigenvalue weighted by atomic mass is 35.5. The minimum atomic E-state index is -0.591. The van der Waals surface area contributed by atoms with E-state index in [0.29, 0.717) is 21.4 Å². The summed E-state index contributed by atoms with van der Waals surface area (Å²) in [5, 5.41) is 3.80. The summed E-state index contributed by atoms with van der Waals surface area (Å²) in [4.78, 5) is 29.9. The van der Waals surface area contributed by atoms with Gasteiger partial charge in [-0.15, -0.1) is 11.3 Å². The molecule has 30 heavy (non-hydrogen) atoms. The molecule has 2 aromatic heterocycles. The molecular weight excluding hydrogens is 447 g/mol. The number of amides is 1. The van der Waals surface area contributed by atoms with Crippen LogP contribution in [0, 0.1) is 6.92 Å². The average molecular weight is 461 g/mol. The van der Waals surface area contributed by atoms with Crippen LogP contribution >= 0.6 is 34.5 Å². The van der Waals surface area contributed by atoms with E-state index in [-0.39, 0.29) is 22.0 Å². The smallest absolute Gasteiger partial charge is 0.342 e. The molecular formula is C21H14Cl2N2O4S. The van der Waals surface area contributed by atoms with Gasteiger partial charge in [0.1, 0.15) is 16.3 Å². The molecule has 0 aliphatic carbocycles. The Hall–Kier alpha value is -2.87. The lowest BCUT2D eigenvalue weighted by Crippen LogP contribution is -2.13. The number of aromatic nitrogens is 1. The molecule has 2 heterocycles. The predicted molar refractivity (Wildman–Crippen MR) is 118 cm³/mol. The third-order valence-corrected chi connectivity index (χ3v) is 6.00. The van der Waals surface area contributed by atoms with Crippen LogP contribution in [0.25, 0.3) is 20.8 Å². The lowest BCUT2D eigenvalue weighted by atomic mass is 10.1. The van der Waals surface area contributed by atoms with Gasteiger partial charge in [0.05, 0.1) is 33.5 Å². The fraction of sp³-hybridized carbons (Fsp3) is 0.0952. The third kappa shape index (κ3) is 3.67. The normalized spacial score (nSPS) is 10.9. The summed E-state index contributed by atoms with van der Waals surface area (Å²) < 4.78 is 11.6. The van der Waals surface area contributed by atoms with Crippen LogP contribution < -0.4 is 5.32 Å². The number of para-hydroxylation sites is 1. The number of esters is 1. The number of fused-ring (bicyclic) bond motifs is 1. The maximum atomic E-state index is 12.9. The number of carbonyl (C=O) groups excluding carboxylic acids is 2. The molecule has 6 nitrogen and oxygen atoms in total. The first-order valence-electron chi connectivity index (χ1n) is 8.73. The molecule has 0 bridgehead atoms. The van der Waals surface area contributed by atoms with E-state index in [1.807, 2.05) is 24.3 Å². The third-order valence-electron chi connectivity index (χ3n) is 4.38. The Bertz CT molecular complexity index is 1260. The van der Waals surface area contributed by atoms with E-state index in [0.717, 1.165) is 10.2 Å². The van der Waals surface area contributed by atoms with Gasteiger partial charge in [-0.2, -0.15) is 0 Å². The first-order chi connectivity index (χ1) is 14.4. The standard InChI is InChI=1S/C21H14Cl2N2O4S/c1-10-16(21(27)28-2)17(20-24-14-5-3-4-6-15(14)30-20)19(29-10)25-18(26)12-9-11(22)7-8-13(12)23/h3-9H,1-2H3,(H,25,26). The number of benzene rings is 2. The van der Waals surface area contributed by atoms with E-state index in [9.17, 15) is 9.59 Å². The molecule has 2 aromatic carbocycles. The number of hydrogen-bond acceptors (Lipinski definition) is 6. The van der Waals surface area contributed by atoms with Crippen molar-refractivity contribution >= 4 is 62.5 Å². The monoisotopic (exact) mass is 460 g/mol. The molecule has 1 amide bonds. The highest BCUT2D eigenvalue weighted by Crippen LogP contribution is 2.41. The second-order valence-electron chi connectivity index (χ2n) is 6.29. The predicted octanol–water partition coefficient (Wildman–Crippen LogP) is 6.21. The van der Waals surface area contributed by atoms with Crippen molar-refractivity contribution in [2.24, 2.45) is 0 Å². The fourth-order valence-electron chi connectivity index (χ4n) is 3.01. The Kier molecular flexibility index (Phi) is 5.51. The van der Waals surface area contributed by atoms with Gasteiger partial charge in [-0.05, 0) is 37.3 Å². The largest absolute Gasteiger partial charge is 0.465 e. The molecule has 0 saturated carbocycles. The van der Waals surface area contributed by atoms with E-state index >= 15 is 0 Å². The number of halogens is 2. The van der Waals surface area contributed by atoms with Gasteiger partial charge in [-0.1, -0.05) is 35.3 Å². The van der Waals surface area contributed by atoms with Crippen LogP contribution in [-0.4, -0.2) is 24.0 Å². The number of nitrogens with zero attached hydrogens (tertiary/aromatic N) is 1. The maximum absolute atomic E-state index is 12.9. The number of thiazole rings is 1. The van der Waals surface area contributed by atoms with Crippen LogP contribution in [0.5, 0.6) is 0 Å². The molecule has 0 aliphatic heterocycles. The number of hydrogen-bond donors (Lipinski definition) is 1. The zero-order chi connectivity index (χ0) is 21.4. The minimum Gasteiger partial charge on any atom is -0.465 e. The summed E-state index contributed by atoms with van der Waals surface area (Å²) in [6.07, 6.45) is 0. The van der Waals surface area contributed by atoms with Gasteiger partial charge in [-0.25, -0.2) is 9.78 Å². The number of ether oxygens (including phenoxy) is 1. The molecule has 0 saturated heterocycles. The van der Waals surface area contributed by atoms with Crippen molar-refractivity contribution in [3.05, 3.63) is 69.4 Å². The van der Waals surface area contributed by atoms with E-state index in [2.05, 4.69) is 10.3 Å². The van der Waals surface area contributed by atoms with E-state index in [1.54, 1.807) is 13.0 Å². The van der Waals surface area contributed by atoms with Crippen LogP contribution in [0.3, 0.4) is 0 Å². The second kappa shape index (κ2) is 8.10. The number of furan rings is 1. The molecule has 152 valence electrons. The van der Waals surface area contributed by atoms with Crippen molar-refractivity contribution in [1.29, 1.82) is 0 Å². The summed E-state index contributed by atoms with van der Waals surface area (Å²) >= 11 is 13.5. The van der Waals surface area contributed by atoms with E-state index in [4.69, 9.17) is 32.4 Å². The van der Waals surface area contributed by atoms with Crippen LogP contribution in [0.2, 0.25) is 10.0 Å². The Balaban J connectivity index is 1.84. The Morgan fingerprint density at radius 3 is 2.67 bits per heavy atom. The highest BCUT2D eigenvalue weighted by Gasteiger charge is 2.29. The molecule has 4 rings (SSSR count). The van der Waals surface area contributed by atoms with Gasteiger partial charge >= 0.3 is 5.97 Å². The van der Waals surface area contributed by atoms with Crippen LogP contribution in [0.15, 0.2) is 46.9 Å². The highest BCUT2D eigenvalue weighted by molar-refractivity contribution is 7.21. The molecule has 0 fully saturated rings. The summed E-state index contributed by atoms with van der Waals surface area (Å²) in [5.41, 5.74) is 1.49. The number of rotatable bonds is 4. The van der Waals surface area contributed by atoms with Crippen molar-refractivity contribution in [2.45, 2.75) is 6.92 Å². The Morgan fingerprint density at radius 1 is 1.17 bits per heavy atom. The zero-order valence-electron chi connectivity index (χ0n) is 15.8. The van der Waals surface area contributed by atoms with Crippen molar-refractivity contribution in [3.8, 4) is 10.6 Å². The van der Waals surface area contributed by atoms with Crippen molar-refractivity contribution in [3.63, 3.8) is 0 Å². The summed E-state index contributed by atoms with van der Waals surface area (Å²) in [6, 6.07) is 12.1. The second-order valence-corrected chi connectivity index (χ2v) is 8.17. The van der Waals surface area contributed by atoms with E-state index < -0.39 is 11.9 Å². The van der Waals surface area contributed by atoms with Gasteiger partial charge in [0.2, 0.25) is 5.88 Å². The lowest BCUT2D eigenvalue weighted by molar-refractivity contribution is 0.0599. The number of methoxy groups -OCH3 is 1. The summed E-state index contributed by atoms with van der Waals surface area (Å²) in [6.45, 7) is 1.62. The molecule has 0 aliphatic rings. The molecule has 0 radical (unpaired) electrons. The lowest BCUT2D eigenvalue weighted by Gasteiger charge is -2.07. The van der Waals surface area contributed by atoms with Crippen LogP contribution in [-0.2, 0) is 4.74 Å². The first kappa shape index (κ1) is 20.4. The first-order valence-corrected chi connectivity index (χ1v) is 10.3. The molecule has 0 atom stereocenters. The topological polar surface area (TPSA) is 81.4 Å². The van der Waals surface area contributed by atoms with E-state index in [1.165, 1.54) is 30.6 Å². The minimum absolute atomic E-state index is 0.0769. The van der Waals surface area contributed by atoms with Gasteiger partial charge < -0.3 is 9.15 Å². The fourth-order valence-corrected chi connectivity index (χ4v) is 4.40. The van der Waals surface area contributed by atoms with Crippen molar-refractivity contribution in [1.82, 2.24) is 4.98 Å². The number of anilines is 1. The van der Waals surface area contributed by atoms with Gasteiger partial charge in [0.15, 0.2) is 0 Å².